The quantitative estimate of drug-likeness (QED) is 0.285. The van der Waals surface area contributed by atoms with Gasteiger partial charge in [-0.05, 0) is 25.7 Å². The van der Waals surface area contributed by atoms with Crippen molar-refractivity contribution < 1.29 is 4.74 Å². The summed E-state index contributed by atoms with van der Waals surface area (Å²) in [5, 5.41) is 0. The zero-order chi connectivity index (χ0) is 10.5. The SMILES string of the molecule is C=COCCCC=CCCCCCC. The number of ether oxygens (including phenoxy) is 1. The van der Waals surface area contributed by atoms with Crippen LogP contribution in [0.2, 0.25) is 0 Å². The molecule has 0 saturated carbocycles. The van der Waals surface area contributed by atoms with Crippen molar-refractivity contribution in [2.45, 2.75) is 51.9 Å². The maximum Gasteiger partial charge on any atom is 0.0875 e. The van der Waals surface area contributed by atoms with E-state index in [0.29, 0.717) is 0 Å². The minimum absolute atomic E-state index is 0.795. The van der Waals surface area contributed by atoms with E-state index in [1.807, 2.05) is 0 Å². The molecule has 0 aromatic rings. The molecule has 0 fully saturated rings. The number of unbranched alkanes of at least 4 members (excludes halogenated alkanes) is 5. The second kappa shape index (κ2) is 12.3. The van der Waals surface area contributed by atoms with Gasteiger partial charge >= 0.3 is 0 Å². The van der Waals surface area contributed by atoms with Crippen LogP contribution in [0.5, 0.6) is 0 Å². The van der Waals surface area contributed by atoms with Crippen molar-refractivity contribution in [2.24, 2.45) is 0 Å². The molecule has 0 N–H and O–H groups in total. The van der Waals surface area contributed by atoms with Crippen LogP contribution < -0.4 is 0 Å². The lowest BCUT2D eigenvalue weighted by Crippen LogP contribution is -1.84. The van der Waals surface area contributed by atoms with E-state index in [4.69, 9.17) is 4.74 Å². The van der Waals surface area contributed by atoms with Crippen LogP contribution in [-0.4, -0.2) is 6.61 Å². The Morgan fingerprint density at radius 1 is 1.00 bits per heavy atom. The summed E-state index contributed by atoms with van der Waals surface area (Å²) in [4.78, 5) is 0. The molecule has 1 heteroatoms. The molecule has 0 spiro atoms. The highest BCUT2D eigenvalue weighted by molar-refractivity contribution is 4.81. The maximum atomic E-state index is 5.02. The third-order valence-corrected chi connectivity index (χ3v) is 2.14. The van der Waals surface area contributed by atoms with E-state index in [-0.39, 0.29) is 0 Å². The van der Waals surface area contributed by atoms with Crippen molar-refractivity contribution >= 4 is 0 Å². The molecule has 0 aromatic heterocycles. The topological polar surface area (TPSA) is 9.23 Å². The fourth-order valence-electron chi connectivity index (χ4n) is 1.29. The highest BCUT2D eigenvalue weighted by Gasteiger charge is 1.85. The second-order valence-electron chi connectivity index (χ2n) is 3.50. The van der Waals surface area contributed by atoms with Gasteiger partial charge in [-0.15, -0.1) is 0 Å². The van der Waals surface area contributed by atoms with Gasteiger partial charge in [-0.25, -0.2) is 0 Å². The van der Waals surface area contributed by atoms with E-state index in [9.17, 15) is 0 Å². The van der Waals surface area contributed by atoms with Crippen LogP contribution >= 0.6 is 0 Å². The average Bonchev–Trinajstić information content (AvgIpc) is 2.21. The molecule has 0 radical (unpaired) electrons. The van der Waals surface area contributed by atoms with Crippen LogP contribution in [0.15, 0.2) is 25.0 Å². The molecular weight excluding hydrogens is 172 g/mol. The second-order valence-corrected chi connectivity index (χ2v) is 3.50. The highest BCUT2D eigenvalue weighted by atomic mass is 16.5. The third kappa shape index (κ3) is 11.3. The van der Waals surface area contributed by atoms with Gasteiger partial charge in [-0.2, -0.15) is 0 Å². The molecule has 0 atom stereocenters. The lowest BCUT2D eigenvalue weighted by molar-refractivity contribution is 0.247. The van der Waals surface area contributed by atoms with Gasteiger partial charge in [0.15, 0.2) is 0 Å². The number of rotatable bonds is 10. The first-order valence-electron chi connectivity index (χ1n) is 5.79. The molecule has 0 aliphatic rings. The molecule has 0 aliphatic carbocycles. The van der Waals surface area contributed by atoms with E-state index in [1.165, 1.54) is 38.4 Å². The van der Waals surface area contributed by atoms with Crippen LogP contribution in [0, 0.1) is 0 Å². The molecule has 1 nitrogen and oxygen atoms in total. The Kier molecular flexibility index (Phi) is 11.6. The molecule has 0 heterocycles. The van der Waals surface area contributed by atoms with Gasteiger partial charge in [0, 0.05) is 0 Å². The van der Waals surface area contributed by atoms with Gasteiger partial charge in [-0.3, -0.25) is 0 Å². The van der Waals surface area contributed by atoms with Crippen molar-refractivity contribution in [3.8, 4) is 0 Å². The Morgan fingerprint density at radius 2 is 1.71 bits per heavy atom. The van der Waals surface area contributed by atoms with Crippen LogP contribution in [0.3, 0.4) is 0 Å². The third-order valence-electron chi connectivity index (χ3n) is 2.14. The summed E-state index contributed by atoms with van der Waals surface area (Å²) in [7, 11) is 0. The number of hydrogen-bond acceptors (Lipinski definition) is 1. The Morgan fingerprint density at radius 3 is 2.36 bits per heavy atom. The summed E-state index contributed by atoms with van der Waals surface area (Å²) in [5.41, 5.74) is 0. The minimum atomic E-state index is 0.795. The number of allylic oxidation sites excluding steroid dienone is 2. The Hall–Kier alpha value is -0.720. The zero-order valence-corrected chi connectivity index (χ0v) is 9.50. The molecule has 82 valence electrons. The fourth-order valence-corrected chi connectivity index (χ4v) is 1.29. The molecule has 0 aromatic carbocycles. The molecule has 14 heavy (non-hydrogen) atoms. The predicted molar refractivity (Wildman–Crippen MR) is 63.3 cm³/mol. The summed E-state index contributed by atoms with van der Waals surface area (Å²) in [6.45, 7) is 6.54. The van der Waals surface area contributed by atoms with Gasteiger partial charge < -0.3 is 4.74 Å². The zero-order valence-electron chi connectivity index (χ0n) is 9.50. The molecule has 0 unspecified atom stereocenters. The van der Waals surface area contributed by atoms with Crippen molar-refractivity contribution in [2.75, 3.05) is 6.61 Å². The van der Waals surface area contributed by atoms with E-state index in [1.54, 1.807) is 0 Å². The Labute approximate surface area is 88.9 Å². The Balaban J connectivity index is 2.99. The monoisotopic (exact) mass is 196 g/mol. The summed E-state index contributed by atoms with van der Waals surface area (Å²) in [5.74, 6) is 0. The van der Waals surface area contributed by atoms with E-state index < -0.39 is 0 Å². The molecule has 0 amide bonds. The molecule has 0 aliphatic heterocycles. The predicted octanol–water partition coefficient (Wildman–Crippen LogP) is 4.45. The fraction of sp³-hybridized carbons (Fsp3) is 0.692. The summed E-state index contributed by atoms with van der Waals surface area (Å²) < 4.78 is 5.02. The largest absolute Gasteiger partial charge is 0.502 e. The minimum Gasteiger partial charge on any atom is -0.502 e. The first-order valence-corrected chi connectivity index (χ1v) is 5.79. The van der Waals surface area contributed by atoms with Gasteiger partial charge in [-0.1, -0.05) is 44.9 Å². The van der Waals surface area contributed by atoms with Crippen molar-refractivity contribution in [1.82, 2.24) is 0 Å². The van der Waals surface area contributed by atoms with Crippen LogP contribution in [0.25, 0.3) is 0 Å². The first kappa shape index (κ1) is 13.3. The van der Waals surface area contributed by atoms with E-state index in [0.717, 1.165) is 19.4 Å². The van der Waals surface area contributed by atoms with Crippen LogP contribution in [0.4, 0.5) is 0 Å². The molecule has 0 bridgehead atoms. The summed E-state index contributed by atoms with van der Waals surface area (Å²) in [6.07, 6.45) is 14.9. The normalized spacial score (nSPS) is 10.6. The molecule has 0 saturated heterocycles. The highest BCUT2D eigenvalue weighted by Crippen LogP contribution is 2.03. The molecular formula is C13H24O. The van der Waals surface area contributed by atoms with E-state index >= 15 is 0 Å². The summed E-state index contributed by atoms with van der Waals surface area (Å²) in [6, 6.07) is 0. The maximum absolute atomic E-state index is 5.02. The van der Waals surface area contributed by atoms with Crippen LogP contribution in [-0.2, 0) is 4.74 Å². The van der Waals surface area contributed by atoms with Crippen molar-refractivity contribution in [3.05, 3.63) is 25.0 Å². The van der Waals surface area contributed by atoms with Gasteiger partial charge in [0.05, 0.1) is 12.9 Å². The standard InChI is InChI=1S/C13H24O/c1-3-5-6-7-8-9-10-11-12-13-14-4-2/h4,9-10H,2-3,5-8,11-13H2,1H3. The first-order chi connectivity index (χ1) is 6.91. The Bertz CT molecular complexity index is 138. The lowest BCUT2D eigenvalue weighted by atomic mass is 10.1. The molecule has 0 rings (SSSR count). The van der Waals surface area contributed by atoms with E-state index in [2.05, 4.69) is 25.7 Å². The lowest BCUT2D eigenvalue weighted by Gasteiger charge is -1.96. The van der Waals surface area contributed by atoms with Crippen LogP contribution in [0.1, 0.15) is 51.9 Å². The van der Waals surface area contributed by atoms with Gasteiger partial charge in [0.2, 0.25) is 0 Å². The van der Waals surface area contributed by atoms with Crippen molar-refractivity contribution in [3.63, 3.8) is 0 Å². The van der Waals surface area contributed by atoms with Gasteiger partial charge in [0.25, 0.3) is 0 Å². The van der Waals surface area contributed by atoms with Gasteiger partial charge in [0.1, 0.15) is 0 Å². The number of hydrogen-bond donors (Lipinski definition) is 0. The summed E-state index contributed by atoms with van der Waals surface area (Å²) >= 11 is 0. The average molecular weight is 196 g/mol. The van der Waals surface area contributed by atoms with Crippen molar-refractivity contribution in [1.29, 1.82) is 0 Å². The smallest absolute Gasteiger partial charge is 0.0875 e.